The Morgan fingerprint density at radius 3 is 3.08 bits per heavy atom. The van der Waals surface area contributed by atoms with Gasteiger partial charge in [-0.2, -0.15) is 5.26 Å². The third-order valence-corrected chi connectivity index (χ3v) is 2.81. The third-order valence-electron chi connectivity index (χ3n) is 1.66. The first kappa shape index (κ1) is 10.1. The van der Waals surface area contributed by atoms with E-state index < -0.39 is 0 Å². The predicted molar refractivity (Wildman–Crippen MR) is 52.4 cm³/mol. The zero-order chi connectivity index (χ0) is 9.68. The van der Waals surface area contributed by atoms with E-state index in [-0.39, 0.29) is 6.04 Å². The first-order valence-electron chi connectivity index (χ1n) is 3.95. The molecule has 0 spiro atoms. The molecule has 4 nitrogen and oxygen atoms in total. The SMILES string of the molecule is CNC(C#N)CSc1nccn1C. The zero-order valence-corrected chi connectivity index (χ0v) is 8.51. The topological polar surface area (TPSA) is 53.6 Å². The minimum Gasteiger partial charge on any atom is -0.329 e. The predicted octanol–water partition coefficient (Wildman–Crippen LogP) is 0.624. The highest BCUT2D eigenvalue weighted by Crippen LogP contribution is 2.14. The van der Waals surface area contributed by atoms with Crippen molar-refractivity contribution in [1.82, 2.24) is 14.9 Å². The van der Waals surface area contributed by atoms with Crippen LogP contribution < -0.4 is 5.32 Å². The van der Waals surface area contributed by atoms with Crippen LogP contribution in [-0.2, 0) is 7.05 Å². The van der Waals surface area contributed by atoms with Crippen LogP contribution in [0.3, 0.4) is 0 Å². The Morgan fingerprint density at radius 1 is 1.85 bits per heavy atom. The molecule has 0 saturated carbocycles. The lowest BCUT2D eigenvalue weighted by atomic mass is 10.4. The molecule has 0 aliphatic carbocycles. The average molecular weight is 196 g/mol. The standard InChI is InChI=1S/C8H12N4S/c1-10-7(5-9)6-13-8-11-3-4-12(8)2/h3-4,7,10H,6H2,1-2H3. The van der Waals surface area contributed by atoms with Gasteiger partial charge in [-0.3, -0.25) is 0 Å². The second kappa shape index (κ2) is 4.90. The normalized spacial score (nSPS) is 12.4. The molecule has 1 N–H and O–H groups in total. The van der Waals surface area contributed by atoms with Gasteiger partial charge in [0.05, 0.1) is 6.07 Å². The lowest BCUT2D eigenvalue weighted by molar-refractivity contribution is 0.742. The molecule has 0 saturated heterocycles. The summed E-state index contributed by atoms with van der Waals surface area (Å²) in [4.78, 5) is 4.15. The van der Waals surface area contributed by atoms with Gasteiger partial charge in [0.15, 0.2) is 5.16 Å². The lowest BCUT2D eigenvalue weighted by Gasteiger charge is -2.06. The quantitative estimate of drug-likeness (QED) is 0.717. The number of rotatable bonds is 4. The van der Waals surface area contributed by atoms with Crippen molar-refractivity contribution in [3.63, 3.8) is 0 Å². The maximum Gasteiger partial charge on any atom is 0.167 e. The molecular weight excluding hydrogens is 184 g/mol. The van der Waals surface area contributed by atoms with Gasteiger partial charge in [-0.25, -0.2) is 4.98 Å². The van der Waals surface area contributed by atoms with Gasteiger partial charge in [0.1, 0.15) is 6.04 Å². The number of thioether (sulfide) groups is 1. The van der Waals surface area contributed by atoms with Crippen LogP contribution in [0.25, 0.3) is 0 Å². The van der Waals surface area contributed by atoms with Crippen LogP contribution in [0.4, 0.5) is 0 Å². The summed E-state index contributed by atoms with van der Waals surface area (Å²) in [5.41, 5.74) is 0. The molecule has 0 aromatic carbocycles. The molecule has 0 bridgehead atoms. The smallest absolute Gasteiger partial charge is 0.167 e. The largest absolute Gasteiger partial charge is 0.329 e. The fourth-order valence-corrected chi connectivity index (χ4v) is 1.79. The van der Waals surface area contributed by atoms with Gasteiger partial charge in [0, 0.05) is 25.2 Å². The van der Waals surface area contributed by atoms with Crippen LogP contribution in [0.15, 0.2) is 17.6 Å². The number of nitrogens with zero attached hydrogens (tertiary/aromatic N) is 3. The molecule has 1 heterocycles. The highest BCUT2D eigenvalue weighted by Gasteiger charge is 2.06. The van der Waals surface area contributed by atoms with Gasteiger partial charge in [-0.05, 0) is 7.05 Å². The number of hydrogen-bond donors (Lipinski definition) is 1. The summed E-state index contributed by atoms with van der Waals surface area (Å²) in [5.74, 6) is 0.720. The molecule has 13 heavy (non-hydrogen) atoms. The Labute approximate surface area is 82.0 Å². The molecule has 1 aromatic heterocycles. The first-order chi connectivity index (χ1) is 6.27. The van der Waals surface area contributed by atoms with Gasteiger partial charge < -0.3 is 9.88 Å². The molecule has 0 fully saturated rings. The fraction of sp³-hybridized carbons (Fsp3) is 0.500. The Bertz CT molecular complexity index is 301. The van der Waals surface area contributed by atoms with E-state index in [1.165, 1.54) is 0 Å². The number of nitriles is 1. The van der Waals surface area contributed by atoms with Crippen LogP contribution in [0.2, 0.25) is 0 Å². The van der Waals surface area contributed by atoms with Crippen LogP contribution in [0.5, 0.6) is 0 Å². The van der Waals surface area contributed by atoms with Crippen LogP contribution in [0.1, 0.15) is 0 Å². The van der Waals surface area contributed by atoms with Crippen molar-refractivity contribution >= 4 is 11.8 Å². The Morgan fingerprint density at radius 2 is 2.62 bits per heavy atom. The maximum absolute atomic E-state index is 8.67. The van der Waals surface area contributed by atoms with Crippen molar-refractivity contribution in [3.05, 3.63) is 12.4 Å². The van der Waals surface area contributed by atoms with Crippen molar-refractivity contribution in [3.8, 4) is 6.07 Å². The zero-order valence-electron chi connectivity index (χ0n) is 7.69. The molecule has 1 unspecified atom stereocenters. The van der Waals surface area contributed by atoms with E-state index in [1.54, 1.807) is 25.0 Å². The maximum atomic E-state index is 8.67. The Hall–Kier alpha value is -0.990. The molecule has 0 aliphatic rings. The molecule has 0 radical (unpaired) electrons. The minimum atomic E-state index is -0.110. The lowest BCUT2D eigenvalue weighted by Crippen LogP contribution is -2.25. The highest BCUT2D eigenvalue weighted by molar-refractivity contribution is 7.99. The number of nitrogens with one attached hydrogen (secondary N) is 1. The molecule has 70 valence electrons. The Kier molecular flexibility index (Phi) is 3.80. The van der Waals surface area contributed by atoms with E-state index in [1.807, 2.05) is 17.8 Å². The average Bonchev–Trinajstić information content (AvgIpc) is 2.54. The number of hydrogen-bond acceptors (Lipinski definition) is 4. The van der Waals surface area contributed by atoms with Crippen molar-refractivity contribution in [2.24, 2.45) is 7.05 Å². The summed E-state index contributed by atoms with van der Waals surface area (Å²) in [6.45, 7) is 0. The summed E-state index contributed by atoms with van der Waals surface area (Å²) in [5, 5.41) is 12.5. The fourth-order valence-electron chi connectivity index (χ4n) is 0.834. The summed E-state index contributed by atoms with van der Waals surface area (Å²) in [6.07, 6.45) is 3.65. The van der Waals surface area contributed by atoms with E-state index >= 15 is 0 Å². The van der Waals surface area contributed by atoms with Crippen LogP contribution in [0, 0.1) is 11.3 Å². The molecule has 1 rings (SSSR count). The van der Waals surface area contributed by atoms with E-state index in [0.717, 1.165) is 10.9 Å². The third kappa shape index (κ3) is 2.76. The molecular formula is C8H12N4S. The number of imidazole rings is 1. The molecule has 1 aromatic rings. The monoisotopic (exact) mass is 196 g/mol. The summed E-state index contributed by atoms with van der Waals surface area (Å²) >= 11 is 1.58. The van der Waals surface area contributed by atoms with Crippen molar-refractivity contribution in [2.45, 2.75) is 11.2 Å². The van der Waals surface area contributed by atoms with E-state index in [4.69, 9.17) is 5.26 Å². The van der Waals surface area contributed by atoms with E-state index in [9.17, 15) is 0 Å². The van der Waals surface area contributed by atoms with Gasteiger partial charge in [0.2, 0.25) is 0 Å². The minimum absolute atomic E-state index is 0.110. The van der Waals surface area contributed by atoms with Gasteiger partial charge in [-0.15, -0.1) is 0 Å². The van der Waals surface area contributed by atoms with E-state index in [0.29, 0.717) is 0 Å². The second-order valence-electron chi connectivity index (χ2n) is 2.60. The van der Waals surface area contributed by atoms with Gasteiger partial charge in [-0.1, -0.05) is 11.8 Å². The van der Waals surface area contributed by atoms with Crippen molar-refractivity contribution < 1.29 is 0 Å². The van der Waals surface area contributed by atoms with Crippen LogP contribution >= 0.6 is 11.8 Å². The molecule has 1 atom stereocenters. The summed E-state index contributed by atoms with van der Waals surface area (Å²) < 4.78 is 1.94. The van der Waals surface area contributed by atoms with Crippen molar-refractivity contribution in [1.29, 1.82) is 5.26 Å². The number of aromatic nitrogens is 2. The molecule has 5 heteroatoms. The number of aryl methyl sites for hydroxylation is 1. The van der Waals surface area contributed by atoms with Crippen molar-refractivity contribution in [2.75, 3.05) is 12.8 Å². The summed E-state index contributed by atoms with van der Waals surface area (Å²) in [7, 11) is 3.73. The second-order valence-corrected chi connectivity index (χ2v) is 3.59. The summed E-state index contributed by atoms with van der Waals surface area (Å²) in [6, 6.07) is 2.06. The van der Waals surface area contributed by atoms with Crippen LogP contribution in [-0.4, -0.2) is 28.4 Å². The van der Waals surface area contributed by atoms with E-state index in [2.05, 4.69) is 16.4 Å². The molecule has 0 amide bonds. The van der Waals surface area contributed by atoms with Gasteiger partial charge >= 0.3 is 0 Å². The highest BCUT2D eigenvalue weighted by atomic mass is 32.2. The first-order valence-corrected chi connectivity index (χ1v) is 4.93. The molecule has 0 aliphatic heterocycles. The van der Waals surface area contributed by atoms with Gasteiger partial charge in [0.25, 0.3) is 0 Å². The Balaban J connectivity index is 2.44.